The van der Waals surface area contributed by atoms with Crippen LogP contribution in [0.4, 0.5) is 11.4 Å². The molecule has 0 fully saturated rings. The smallest absolute Gasteiger partial charge is 0.256 e. The zero-order valence-corrected chi connectivity index (χ0v) is 13.0. The van der Waals surface area contributed by atoms with Crippen LogP contribution in [0.1, 0.15) is 22.8 Å². The van der Waals surface area contributed by atoms with E-state index in [4.69, 9.17) is 0 Å². The fraction of sp³-hybridized carbons (Fsp3) is 0.111. The minimum Gasteiger partial charge on any atom is -0.506 e. The van der Waals surface area contributed by atoms with Crippen LogP contribution < -0.4 is 10.6 Å². The van der Waals surface area contributed by atoms with E-state index in [1.54, 1.807) is 25.1 Å². The van der Waals surface area contributed by atoms with E-state index in [-0.39, 0.29) is 23.3 Å². The number of aromatic hydroxyl groups is 1. The molecule has 0 aliphatic heterocycles. The predicted octanol–water partition coefficient (Wildman–Crippen LogP) is 3.47. The van der Waals surface area contributed by atoms with Crippen LogP contribution in [-0.2, 0) is 4.79 Å². The molecule has 5 heteroatoms. The quantitative estimate of drug-likeness (QED) is 0.597. The number of amides is 2. The van der Waals surface area contributed by atoms with Gasteiger partial charge < -0.3 is 15.7 Å². The molecule has 0 spiro atoms. The zero-order valence-electron chi connectivity index (χ0n) is 13.0. The van der Waals surface area contributed by atoms with Gasteiger partial charge in [-0.25, -0.2) is 0 Å². The summed E-state index contributed by atoms with van der Waals surface area (Å²) >= 11 is 0. The van der Waals surface area contributed by atoms with Gasteiger partial charge in [-0.2, -0.15) is 0 Å². The first-order valence-corrected chi connectivity index (χ1v) is 7.05. The standard InChI is InChI=1S/C18H18N2O3/c1-11(2)17(22)19-13-8-9-15(16(21)10-13)20-18(23)14-7-5-4-6-12(14)3/h4-10,21H,1H2,2-3H3,(H,19,22)(H,20,23). The summed E-state index contributed by atoms with van der Waals surface area (Å²) < 4.78 is 0. The van der Waals surface area contributed by atoms with Crippen molar-refractivity contribution in [1.82, 2.24) is 0 Å². The number of anilines is 2. The molecule has 2 aromatic carbocycles. The molecule has 0 saturated heterocycles. The Morgan fingerprint density at radius 2 is 1.78 bits per heavy atom. The van der Waals surface area contributed by atoms with Crippen LogP contribution in [0.3, 0.4) is 0 Å². The molecule has 0 atom stereocenters. The average molecular weight is 310 g/mol. The van der Waals surface area contributed by atoms with Gasteiger partial charge in [0.1, 0.15) is 5.75 Å². The SMILES string of the molecule is C=C(C)C(=O)Nc1ccc(NC(=O)c2ccccc2C)c(O)c1. The number of phenolic OH excluding ortho intramolecular Hbond substituents is 1. The van der Waals surface area contributed by atoms with Gasteiger partial charge >= 0.3 is 0 Å². The lowest BCUT2D eigenvalue weighted by molar-refractivity contribution is -0.112. The van der Waals surface area contributed by atoms with E-state index >= 15 is 0 Å². The number of hydrogen-bond acceptors (Lipinski definition) is 3. The van der Waals surface area contributed by atoms with Crippen molar-refractivity contribution in [1.29, 1.82) is 0 Å². The molecule has 2 amide bonds. The van der Waals surface area contributed by atoms with Gasteiger partial charge in [0.2, 0.25) is 0 Å². The van der Waals surface area contributed by atoms with Crippen molar-refractivity contribution in [3.63, 3.8) is 0 Å². The summed E-state index contributed by atoms with van der Waals surface area (Å²) in [5, 5.41) is 15.3. The highest BCUT2D eigenvalue weighted by Crippen LogP contribution is 2.27. The first kappa shape index (κ1) is 16.3. The summed E-state index contributed by atoms with van der Waals surface area (Å²) in [6, 6.07) is 11.7. The minimum atomic E-state index is -0.332. The van der Waals surface area contributed by atoms with Crippen LogP contribution in [0.25, 0.3) is 0 Å². The van der Waals surface area contributed by atoms with Crippen molar-refractivity contribution < 1.29 is 14.7 Å². The van der Waals surface area contributed by atoms with E-state index in [2.05, 4.69) is 17.2 Å². The highest BCUT2D eigenvalue weighted by Gasteiger charge is 2.12. The molecular weight excluding hydrogens is 292 g/mol. The number of rotatable bonds is 4. The molecule has 0 radical (unpaired) electrons. The molecule has 2 rings (SSSR count). The maximum atomic E-state index is 12.2. The van der Waals surface area contributed by atoms with E-state index in [1.807, 2.05) is 19.1 Å². The van der Waals surface area contributed by atoms with Crippen LogP contribution in [0.15, 0.2) is 54.6 Å². The van der Waals surface area contributed by atoms with E-state index in [0.29, 0.717) is 16.8 Å². The molecular formula is C18H18N2O3. The van der Waals surface area contributed by atoms with Crippen LogP contribution in [0.2, 0.25) is 0 Å². The third-order valence-corrected chi connectivity index (χ3v) is 3.28. The van der Waals surface area contributed by atoms with Gasteiger partial charge in [0, 0.05) is 22.9 Å². The summed E-state index contributed by atoms with van der Waals surface area (Å²) in [7, 11) is 0. The largest absolute Gasteiger partial charge is 0.506 e. The lowest BCUT2D eigenvalue weighted by Crippen LogP contribution is -2.14. The monoisotopic (exact) mass is 310 g/mol. The maximum absolute atomic E-state index is 12.2. The van der Waals surface area contributed by atoms with Gasteiger partial charge in [-0.1, -0.05) is 24.8 Å². The van der Waals surface area contributed by atoms with Gasteiger partial charge in [0.05, 0.1) is 5.69 Å². The number of hydrogen-bond donors (Lipinski definition) is 3. The number of aryl methyl sites for hydroxylation is 1. The number of benzene rings is 2. The van der Waals surface area contributed by atoms with Crippen LogP contribution in [0, 0.1) is 6.92 Å². The Morgan fingerprint density at radius 1 is 1.09 bits per heavy atom. The van der Waals surface area contributed by atoms with Crippen molar-refractivity contribution in [3.8, 4) is 5.75 Å². The summed E-state index contributed by atoms with van der Waals surface area (Å²) in [6.45, 7) is 6.97. The molecule has 0 aliphatic rings. The highest BCUT2D eigenvalue weighted by molar-refractivity contribution is 6.06. The highest BCUT2D eigenvalue weighted by atomic mass is 16.3. The van der Waals surface area contributed by atoms with Gasteiger partial charge in [0.25, 0.3) is 11.8 Å². The number of nitrogens with one attached hydrogen (secondary N) is 2. The Labute approximate surface area is 134 Å². The predicted molar refractivity (Wildman–Crippen MR) is 90.7 cm³/mol. The first-order valence-electron chi connectivity index (χ1n) is 7.05. The van der Waals surface area contributed by atoms with E-state index in [0.717, 1.165) is 5.56 Å². The molecule has 118 valence electrons. The Balaban J connectivity index is 2.15. The van der Waals surface area contributed by atoms with E-state index in [9.17, 15) is 14.7 Å². The van der Waals surface area contributed by atoms with Crippen molar-refractivity contribution in [3.05, 3.63) is 65.7 Å². The summed E-state index contributed by atoms with van der Waals surface area (Å²) in [4.78, 5) is 23.8. The van der Waals surface area contributed by atoms with Crippen molar-refractivity contribution in [2.45, 2.75) is 13.8 Å². The molecule has 0 bridgehead atoms. The second kappa shape index (κ2) is 6.79. The fourth-order valence-electron chi connectivity index (χ4n) is 1.97. The van der Waals surface area contributed by atoms with Gasteiger partial charge in [-0.15, -0.1) is 0 Å². The second-order valence-electron chi connectivity index (χ2n) is 5.24. The first-order chi connectivity index (χ1) is 10.9. The minimum absolute atomic E-state index is 0.133. The van der Waals surface area contributed by atoms with Crippen LogP contribution in [-0.4, -0.2) is 16.9 Å². The number of carbonyl (C=O) groups excluding carboxylic acids is 2. The van der Waals surface area contributed by atoms with Gasteiger partial charge in [-0.3, -0.25) is 9.59 Å². The lowest BCUT2D eigenvalue weighted by atomic mass is 10.1. The zero-order chi connectivity index (χ0) is 17.0. The summed E-state index contributed by atoms with van der Waals surface area (Å²) in [5.41, 5.74) is 2.43. The van der Waals surface area contributed by atoms with E-state index < -0.39 is 0 Å². The molecule has 23 heavy (non-hydrogen) atoms. The Hall–Kier alpha value is -3.08. The normalized spacial score (nSPS) is 10.0. The molecule has 0 unspecified atom stereocenters. The molecule has 0 aromatic heterocycles. The topological polar surface area (TPSA) is 78.4 Å². The molecule has 2 aromatic rings. The number of carbonyl (C=O) groups is 2. The third kappa shape index (κ3) is 3.97. The number of phenols is 1. The average Bonchev–Trinajstić information content (AvgIpc) is 2.50. The van der Waals surface area contributed by atoms with Crippen LogP contribution in [0.5, 0.6) is 5.75 Å². The molecule has 5 nitrogen and oxygen atoms in total. The second-order valence-corrected chi connectivity index (χ2v) is 5.24. The van der Waals surface area contributed by atoms with Crippen molar-refractivity contribution >= 4 is 23.2 Å². The Kier molecular flexibility index (Phi) is 4.81. The fourth-order valence-corrected chi connectivity index (χ4v) is 1.97. The third-order valence-electron chi connectivity index (χ3n) is 3.28. The molecule has 3 N–H and O–H groups in total. The summed E-state index contributed by atoms with van der Waals surface area (Å²) in [6.07, 6.45) is 0. The summed E-state index contributed by atoms with van der Waals surface area (Å²) in [5.74, 6) is -0.773. The molecule has 0 aliphatic carbocycles. The Morgan fingerprint density at radius 3 is 2.39 bits per heavy atom. The van der Waals surface area contributed by atoms with Gasteiger partial charge in [0.15, 0.2) is 0 Å². The van der Waals surface area contributed by atoms with E-state index in [1.165, 1.54) is 12.1 Å². The van der Waals surface area contributed by atoms with Crippen LogP contribution >= 0.6 is 0 Å². The van der Waals surface area contributed by atoms with Gasteiger partial charge in [-0.05, 0) is 37.6 Å². The Bertz CT molecular complexity index is 782. The maximum Gasteiger partial charge on any atom is 0.256 e. The van der Waals surface area contributed by atoms with Crippen molar-refractivity contribution in [2.75, 3.05) is 10.6 Å². The van der Waals surface area contributed by atoms with Crippen molar-refractivity contribution in [2.24, 2.45) is 0 Å². The molecule has 0 heterocycles. The lowest BCUT2D eigenvalue weighted by Gasteiger charge is -2.11. The molecule has 0 saturated carbocycles.